The Morgan fingerprint density at radius 1 is 1.33 bits per heavy atom. The third-order valence-corrected chi connectivity index (χ3v) is 3.52. The Bertz CT molecular complexity index is 561. The van der Waals surface area contributed by atoms with Crippen molar-refractivity contribution >= 4 is 21.7 Å². The van der Waals surface area contributed by atoms with Crippen LogP contribution >= 0.6 is 15.9 Å². The number of halogens is 1. The van der Waals surface area contributed by atoms with Gasteiger partial charge in [0.05, 0.1) is 17.1 Å². The predicted octanol–water partition coefficient (Wildman–Crippen LogP) is 3.17. The lowest BCUT2D eigenvalue weighted by molar-refractivity contribution is 0.274. The Hall–Kier alpha value is -1.62. The SMILES string of the molecule is Brc1cncnc1N[C@H]1CCOc2ccccc21. The molecule has 18 heavy (non-hydrogen) atoms. The maximum Gasteiger partial charge on any atom is 0.144 e. The van der Waals surface area contributed by atoms with E-state index in [1.165, 1.54) is 5.56 Å². The van der Waals surface area contributed by atoms with Gasteiger partial charge in [-0.15, -0.1) is 0 Å². The molecule has 0 spiro atoms. The van der Waals surface area contributed by atoms with Gasteiger partial charge >= 0.3 is 0 Å². The molecule has 2 heterocycles. The summed E-state index contributed by atoms with van der Waals surface area (Å²) in [4.78, 5) is 8.20. The van der Waals surface area contributed by atoms with E-state index in [9.17, 15) is 0 Å². The fourth-order valence-electron chi connectivity index (χ4n) is 2.08. The summed E-state index contributed by atoms with van der Waals surface area (Å²) in [5, 5.41) is 3.43. The second-order valence-electron chi connectivity index (χ2n) is 4.09. The number of hydrogen-bond donors (Lipinski definition) is 1. The zero-order chi connectivity index (χ0) is 12.4. The molecule has 5 heteroatoms. The second kappa shape index (κ2) is 4.94. The Balaban J connectivity index is 1.89. The van der Waals surface area contributed by atoms with Gasteiger partial charge in [0.1, 0.15) is 17.9 Å². The molecule has 1 atom stereocenters. The Morgan fingerprint density at radius 3 is 3.11 bits per heavy atom. The number of benzene rings is 1. The van der Waals surface area contributed by atoms with E-state index in [1.807, 2.05) is 18.2 Å². The summed E-state index contributed by atoms with van der Waals surface area (Å²) in [5.74, 6) is 1.76. The molecule has 0 bridgehead atoms. The lowest BCUT2D eigenvalue weighted by atomic mass is 10.0. The minimum Gasteiger partial charge on any atom is -0.493 e. The molecule has 0 fully saturated rings. The van der Waals surface area contributed by atoms with Gasteiger partial charge in [0, 0.05) is 18.2 Å². The molecule has 4 nitrogen and oxygen atoms in total. The van der Waals surface area contributed by atoms with E-state index in [0.29, 0.717) is 0 Å². The van der Waals surface area contributed by atoms with Crippen LogP contribution in [0.2, 0.25) is 0 Å². The third-order valence-electron chi connectivity index (χ3n) is 2.94. The predicted molar refractivity (Wildman–Crippen MR) is 72.6 cm³/mol. The van der Waals surface area contributed by atoms with Gasteiger partial charge in [0.2, 0.25) is 0 Å². The number of rotatable bonds is 2. The maximum absolute atomic E-state index is 5.64. The summed E-state index contributed by atoms with van der Waals surface area (Å²) >= 11 is 3.44. The van der Waals surface area contributed by atoms with Gasteiger partial charge in [-0.2, -0.15) is 0 Å². The highest BCUT2D eigenvalue weighted by Gasteiger charge is 2.21. The first-order valence-electron chi connectivity index (χ1n) is 5.78. The first kappa shape index (κ1) is 11.5. The van der Waals surface area contributed by atoms with Crippen molar-refractivity contribution in [3.05, 3.63) is 46.8 Å². The van der Waals surface area contributed by atoms with Gasteiger partial charge in [0.25, 0.3) is 0 Å². The molecule has 1 aliphatic heterocycles. The van der Waals surface area contributed by atoms with Crippen LogP contribution in [0.15, 0.2) is 41.3 Å². The number of para-hydroxylation sites is 1. The van der Waals surface area contributed by atoms with Crippen molar-refractivity contribution in [2.75, 3.05) is 11.9 Å². The average molecular weight is 306 g/mol. The molecule has 0 aliphatic carbocycles. The number of anilines is 1. The van der Waals surface area contributed by atoms with Gasteiger partial charge in [-0.05, 0) is 22.0 Å². The summed E-state index contributed by atoms with van der Waals surface area (Å²) in [5.41, 5.74) is 1.18. The van der Waals surface area contributed by atoms with E-state index < -0.39 is 0 Å². The summed E-state index contributed by atoms with van der Waals surface area (Å²) < 4.78 is 6.51. The minimum absolute atomic E-state index is 0.223. The number of aromatic nitrogens is 2. The van der Waals surface area contributed by atoms with Crippen LogP contribution in [0, 0.1) is 0 Å². The third kappa shape index (κ3) is 2.18. The molecule has 3 rings (SSSR count). The van der Waals surface area contributed by atoms with E-state index >= 15 is 0 Å². The lowest BCUT2D eigenvalue weighted by Crippen LogP contribution is -2.20. The zero-order valence-corrected chi connectivity index (χ0v) is 11.2. The average Bonchev–Trinajstić information content (AvgIpc) is 2.42. The van der Waals surface area contributed by atoms with E-state index in [4.69, 9.17) is 4.74 Å². The molecular weight excluding hydrogens is 294 g/mol. The van der Waals surface area contributed by atoms with Crippen molar-refractivity contribution in [3.8, 4) is 5.75 Å². The fraction of sp³-hybridized carbons (Fsp3) is 0.231. The molecule has 0 saturated heterocycles. The lowest BCUT2D eigenvalue weighted by Gasteiger charge is -2.27. The molecule has 0 saturated carbocycles. The topological polar surface area (TPSA) is 47.0 Å². The first-order valence-corrected chi connectivity index (χ1v) is 6.57. The van der Waals surface area contributed by atoms with Gasteiger partial charge in [0.15, 0.2) is 0 Å². The first-order chi connectivity index (χ1) is 8.84. The van der Waals surface area contributed by atoms with Crippen LogP contribution in [-0.2, 0) is 0 Å². The standard InChI is InChI=1S/C13H12BrN3O/c14-10-7-15-8-16-13(10)17-11-5-6-18-12-4-2-1-3-9(11)12/h1-4,7-8,11H,5-6H2,(H,15,16,17)/t11-/m0/s1. The highest BCUT2D eigenvalue weighted by Crippen LogP contribution is 2.34. The molecule has 1 N–H and O–H groups in total. The van der Waals surface area contributed by atoms with Crippen molar-refractivity contribution in [1.82, 2.24) is 9.97 Å². The highest BCUT2D eigenvalue weighted by atomic mass is 79.9. The molecule has 1 aliphatic rings. The molecule has 0 unspecified atom stereocenters. The van der Waals surface area contributed by atoms with Crippen LogP contribution in [0.3, 0.4) is 0 Å². The normalized spacial score (nSPS) is 17.7. The van der Waals surface area contributed by atoms with Crippen LogP contribution in [-0.4, -0.2) is 16.6 Å². The Morgan fingerprint density at radius 2 is 2.22 bits per heavy atom. The van der Waals surface area contributed by atoms with Crippen LogP contribution in [0.1, 0.15) is 18.0 Å². The molecule has 1 aromatic heterocycles. The van der Waals surface area contributed by atoms with E-state index in [-0.39, 0.29) is 6.04 Å². The van der Waals surface area contributed by atoms with Crippen molar-refractivity contribution < 1.29 is 4.74 Å². The number of nitrogens with zero attached hydrogens (tertiary/aromatic N) is 2. The molecule has 0 radical (unpaired) electrons. The van der Waals surface area contributed by atoms with Gasteiger partial charge in [-0.25, -0.2) is 9.97 Å². The van der Waals surface area contributed by atoms with Crippen molar-refractivity contribution in [2.45, 2.75) is 12.5 Å². The summed E-state index contributed by atoms with van der Waals surface area (Å²) in [6.07, 6.45) is 4.20. The highest BCUT2D eigenvalue weighted by molar-refractivity contribution is 9.10. The number of ether oxygens (including phenoxy) is 1. The largest absolute Gasteiger partial charge is 0.493 e. The quantitative estimate of drug-likeness (QED) is 0.926. The summed E-state index contributed by atoms with van der Waals surface area (Å²) in [6, 6.07) is 8.32. The van der Waals surface area contributed by atoms with Gasteiger partial charge in [-0.1, -0.05) is 18.2 Å². The Labute approximate surface area is 114 Å². The fourth-order valence-corrected chi connectivity index (χ4v) is 2.41. The van der Waals surface area contributed by atoms with Crippen LogP contribution in [0.4, 0.5) is 5.82 Å². The van der Waals surface area contributed by atoms with E-state index in [0.717, 1.165) is 29.1 Å². The van der Waals surface area contributed by atoms with Gasteiger partial charge in [-0.3, -0.25) is 0 Å². The molecular formula is C13H12BrN3O. The minimum atomic E-state index is 0.223. The second-order valence-corrected chi connectivity index (χ2v) is 4.95. The summed E-state index contributed by atoms with van der Waals surface area (Å²) in [7, 11) is 0. The van der Waals surface area contributed by atoms with Crippen molar-refractivity contribution in [2.24, 2.45) is 0 Å². The number of fused-ring (bicyclic) bond motifs is 1. The molecule has 0 amide bonds. The van der Waals surface area contributed by atoms with E-state index in [2.05, 4.69) is 37.3 Å². The molecule has 2 aromatic rings. The van der Waals surface area contributed by atoms with Crippen molar-refractivity contribution in [3.63, 3.8) is 0 Å². The zero-order valence-electron chi connectivity index (χ0n) is 9.64. The summed E-state index contributed by atoms with van der Waals surface area (Å²) in [6.45, 7) is 0.720. The van der Waals surface area contributed by atoms with Crippen LogP contribution < -0.4 is 10.1 Å². The van der Waals surface area contributed by atoms with Crippen molar-refractivity contribution in [1.29, 1.82) is 0 Å². The smallest absolute Gasteiger partial charge is 0.144 e. The van der Waals surface area contributed by atoms with Crippen LogP contribution in [0.5, 0.6) is 5.75 Å². The van der Waals surface area contributed by atoms with Crippen LogP contribution in [0.25, 0.3) is 0 Å². The maximum atomic E-state index is 5.64. The monoisotopic (exact) mass is 305 g/mol. The van der Waals surface area contributed by atoms with E-state index in [1.54, 1.807) is 12.5 Å². The number of hydrogen-bond acceptors (Lipinski definition) is 4. The number of nitrogens with one attached hydrogen (secondary N) is 1. The van der Waals surface area contributed by atoms with Gasteiger partial charge < -0.3 is 10.1 Å². The Kier molecular flexibility index (Phi) is 3.15. The molecule has 1 aromatic carbocycles. The molecule has 92 valence electrons.